The van der Waals surface area contributed by atoms with E-state index in [0.717, 1.165) is 5.56 Å². The van der Waals surface area contributed by atoms with Crippen LogP contribution in [0.4, 0.5) is 4.79 Å². The fraction of sp³-hybridized carbons (Fsp3) is 0.375. The number of aromatic nitrogens is 1. The van der Waals surface area contributed by atoms with Crippen LogP contribution < -0.4 is 0 Å². The standard InChI is InChI=1S/C16H18N2O4/c1-20-13-9-14(15-17-7-8-21-15)18(10-13)16(19)22-11-12-5-3-2-4-6-12/h2-8,13-14H,9-11H2,1H3/t13-,14+/m1/s1. The minimum atomic E-state index is -0.383. The second-order valence-corrected chi connectivity index (χ2v) is 5.17. The largest absolute Gasteiger partial charge is 0.447 e. The molecule has 0 saturated carbocycles. The van der Waals surface area contributed by atoms with Crippen LogP contribution in [0.25, 0.3) is 0 Å². The minimum absolute atomic E-state index is 0.0406. The number of nitrogens with zero attached hydrogens (tertiary/aromatic N) is 2. The highest BCUT2D eigenvalue weighted by Gasteiger charge is 2.39. The molecular weight excluding hydrogens is 284 g/mol. The highest BCUT2D eigenvalue weighted by molar-refractivity contribution is 5.68. The maximum Gasteiger partial charge on any atom is 0.410 e. The lowest BCUT2D eigenvalue weighted by atomic mass is 10.2. The summed E-state index contributed by atoms with van der Waals surface area (Å²) in [6.07, 6.45) is 3.30. The van der Waals surface area contributed by atoms with Gasteiger partial charge in [-0.25, -0.2) is 9.78 Å². The van der Waals surface area contributed by atoms with Gasteiger partial charge in [0.2, 0.25) is 5.89 Å². The number of methoxy groups -OCH3 is 1. The summed E-state index contributed by atoms with van der Waals surface area (Å²) < 4.78 is 16.1. The van der Waals surface area contributed by atoms with Gasteiger partial charge in [0.25, 0.3) is 0 Å². The average Bonchev–Trinajstić information content (AvgIpc) is 3.22. The second-order valence-electron chi connectivity index (χ2n) is 5.17. The first kappa shape index (κ1) is 14.6. The smallest absolute Gasteiger partial charge is 0.410 e. The Kier molecular flexibility index (Phi) is 4.39. The molecule has 0 N–H and O–H groups in total. The van der Waals surface area contributed by atoms with Crippen LogP contribution in [0.1, 0.15) is 23.9 Å². The van der Waals surface area contributed by atoms with Gasteiger partial charge in [-0.1, -0.05) is 30.3 Å². The first-order chi connectivity index (χ1) is 10.8. The normalized spacial score (nSPS) is 21.0. The van der Waals surface area contributed by atoms with Gasteiger partial charge in [-0.3, -0.25) is 4.90 Å². The van der Waals surface area contributed by atoms with E-state index in [9.17, 15) is 4.79 Å². The molecule has 2 heterocycles. The molecule has 2 atom stereocenters. The van der Waals surface area contributed by atoms with Gasteiger partial charge in [0, 0.05) is 13.5 Å². The topological polar surface area (TPSA) is 64.8 Å². The zero-order valence-electron chi connectivity index (χ0n) is 12.3. The Balaban J connectivity index is 1.66. The molecule has 1 aliphatic heterocycles. The number of benzene rings is 1. The molecule has 6 heteroatoms. The highest BCUT2D eigenvalue weighted by atomic mass is 16.6. The number of hydrogen-bond acceptors (Lipinski definition) is 5. The molecule has 0 radical (unpaired) electrons. The molecule has 0 unspecified atom stereocenters. The summed E-state index contributed by atoms with van der Waals surface area (Å²) in [7, 11) is 1.64. The number of rotatable bonds is 4. The predicted octanol–water partition coefficient (Wildman–Crippen LogP) is 2.77. The van der Waals surface area contributed by atoms with Crippen LogP contribution in [-0.4, -0.2) is 35.7 Å². The van der Waals surface area contributed by atoms with Crippen molar-refractivity contribution in [1.29, 1.82) is 0 Å². The summed E-state index contributed by atoms with van der Waals surface area (Å²) in [5.74, 6) is 0.510. The first-order valence-corrected chi connectivity index (χ1v) is 7.17. The van der Waals surface area contributed by atoms with Crippen LogP contribution in [0.5, 0.6) is 0 Å². The summed E-state index contributed by atoms with van der Waals surface area (Å²) in [5.41, 5.74) is 0.950. The molecule has 116 valence electrons. The van der Waals surface area contributed by atoms with E-state index in [1.807, 2.05) is 30.3 Å². The van der Waals surface area contributed by atoms with Crippen LogP contribution in [0, 0.1) is 0 Å². The molecule has 1 aliphatic rings. The number of carbonyl (C=O) groups is 1. The van der Waals surface area contributed by atoms with Crippen molar-refractivity contribution in [3.63, 3.8) is 0 Å². The van der Waals surface area contributed by atoms with Crippen molar-refractivity contribution in [3.8, 4) is 0 Å². The van der Waals surface area contributed by atoms with E-state index in [2.05, 4.69) is 4.98 Å². The molecule has 6 nitrogen and oxygen atoms in total. The van der Waals surface area contributed by atoms with Crippen molar-refractivity contribution in [2.75, 3.05) is 13.7 Å². The van der Waals surface area contributed by atoms with Gasteiger partial charge in [0.05, 0.1) is 18.8 Å². The highest BCUT2D eigenvalue weighted by Crippen LogP contribution is 2.33. The third-order valence-electron chi connectivity index (χ3n) is 3.77. The van der Waals surface area contributed by atoms with Gasteiger partial charge in [0.15, 0.2) is 0 Å². The van der Waals surface area contributed by atoms with E-state index >= 15 is 0 Å². The van der Waals surface area contributed by atoms with E-state index in [-0.39, 0.29) is 24.8 Å². The zero-order chi connectivity index (χ0) is 15.4. The Labute approximate surface area is 128 Å². The quantitative estimate of drug-likeness (QED) is 0.869. The lowest BCUT2D eigenvalue weighted by Gasteiger charge is -2.21. The molecule has 0 spiro atoms. The minimum Gasteiger partial charge on any atom is -0.447 e. The van der Waals surface area contributed by atoms with Crippen molar-refractivity contribution in [3.05, 3.63) is 54.2 Å². The second kappa shape index (κ2) is 6.62. The number of ether oxygens (including phenoxy) is 2. The van der Waals surface area contributed by atoms with Gasteiger partial charge >= 0.3 is 6.09 Å². The monoisotopic (exact) mass is 302 g/mol. The lowest BCUT2D eigenvalue weighted by Crippen LogP contribution is -2.32. The number of carbonyl (C=O) groups excluding carboxylic acids is 1. The van der Waals surface area contributed by atoms with E-state index < -0.39 is 0 Å². The van der Waals surface area contributed by atoms with Gasteiger partial charge in [-0.15, -0.1) is 0 Å². The van der Waals surface area contributed by atoms with E-state index in [4.69, 9.17) is 13.9 Å². The molecule has 1 fully saturated rings. The number of oxazole rings is 1. The maximum atomic E-state index is 12.4. The fourth-order valence-electron chi connectivity index (χ4n) is 2.61. The molecule has 22 heavy (non-hydrogen) atoms. The van der Waals surface area contributed by atoms with Crippen LogP contribution in [-0.2, 0) is 16.1 Å². The van der Waals surface area contributed by atoms with Gasteiger partial charge in [0.1, 0.15) is 18.9 Å². The zero-order valence-corrected chi connectivity index (χ0v) is 12.3. The van der Waals surface area contributed by atoms with Crippen LogP contribution >= 0.6 is 0 Å². The van der Waals surface area contributed by atoms with Crippen molar-refractivity contribution < 1.29 is 18.7 Å². The molecule has 0 aliphatic carbocycles. The number of likely N-dealkylation sites (tertiary alicyclic amines) is 1. The molecular formula is C16H18N2O4. The number of amides is 1. The van der Waals surface area contributed by atoms with Gasteiger partial charge in [-0.05, 0) is 5.56 Å². The van der Waals surface area contributed by atoms with E-state index in [1.54, 1.807) is 18.2 Å². The molecule has 1 saturated heterocycles. The SMILES string of the molecule is CO[C@@H]1C[C@@H](c2ncco2)N(C(=O)OCc2ccccc2)C1. The Bertz CT molecular complexity index is 600. The fourth-order valence-corrected chi connectivity index (χ4v) is 2.61. The van der Waals surface area contributed by atoms with Crippen LogP contribution in [0.15, 0.2) is 47.2 Å². The van der Waals surface area contributed by atoms with Gasteiger partial charge in [-0.2, -0.15) is 0 Å². The lowest BCUT2D eigenvalue weighted by molar-refractivity contribution is 0.0780. The summed E-state index contributed by atoms with van der Waals surface area (Å²) in [4.78, 5) is 18.1. The van der Waals surface area contributed by atoms with Crippen LogP contribution in [0.2, 0.25) is 0 Å². The average molecular weight is 302 g/mol. The third kappa shape index (κ3) is 3.12. The molecule has 3 rings (SSSR count). The van der Waals surface area contributed by atoms with E-state index in [1.165, 1.54) is 6.26 Å². The third-order valence-corrected chi connectivity index (χ3v) is 3.77. The summed E-state index contributed by atoms with van der Waals surface area (Å²) >= 11 is 0. The summed E-state index contributed by atoms with van der Waals surface area (Å²) in [5, 5.41) is 0. The summed E-state index contributed by atoms with van der Waals surface area (Å²) in [6.45, 7) is 0.712. The molecule has 2 aromatic rings. The molecule has 1 amide bonds. The number of hydrogen-bond donors (Lipinski definition) is 0. The Morgan fingerprint density at radius 1 is 1.41 bits per heavy atom. The molecule has 0 bridgehead atoms. The Hall–Kier alpha value is -2.34. The Morgan fingerprint density at radius 3 is 2.91 bits per heavy atom. The predicted molar refractivity (Wildman–Crippen MR) is 78.0 cm³/mol. The van der Waals surface area contributed by atoms with Crippen molar-refractivity contribution >= 4 is 6.09 Å². The maximum absolute atomic E-state index is 12.4. The van der Waals surface area contributed by atoms with E-state index in [0.29, 0.717) is 18.9 Å². The van der Waals surface area contributed by atoms with Crippen molar-refractivity contribution in [2.45, 2.75) is 25.2 Å². The van der Waals surface area contributed by atoms with Crippen LogP contribution in [0.3, 0.4) is 0 Å². The first-order valence-electron chi connectivity index (χ1n) is 7.17. The molecule has 1 aromatic carbocycles. The van der Waals surface area contributed by atoms with Gasteiger partial charge < -0.3 is 13.9 Å². The Morgan fingerprint density at radius 2 is 2.23 bits per heavy atom. The molecule has 1 aromatic heterocycles. The van der Waals surface area contributed by atoms with Crippen molar-refractivity contribution in [2.24, 2.45) is 0 Å². The summed E-state index contributed by atoms with van der Waals surface area (Å²) in [6, 6.07) is 9.34. The van der Waals surface area contributed by atoms with Crippen molar-refractivity contribution in [1.82, 2.24) is 9.88 Å².